The maximum Gasteiger partial charge on any atom is 0.414 e. The zero-order valence-electron chi connectivity index (χ0n) is 7.80. The normalized spacial score (nSPS) is 11.2. The molecule has 0 saturated heterocycles. The number of aromatic nitrogens is 1. The Labute approximate surface area is 87.2 Å². The summed E-state index contributed by atoms with van der Waals surface area (Å²) in [5.41, 5.74) is 0.941. The van der Waals surface area contributed by atoms with Crippen molar-refractivity contribution in [2.24, 2.45) is 0 Å². The van der Waals surface area contributed by atoms with Crippen molar-refractivity contribution >= 4 is 5.91 Å². The van der Waals surface area contributed by atoms with Crippen molar-refractivity contribution in [3.05, 3.63) is 34.2 Å². The van der Waals surface area contributed by atoms with Gasteiger partial charge in [-0.3, -0.25) is 14.4 Å². The number of rotatable bonds is 3. The Morgan fingerprint density at radius 2 is 2.19 bits per heavy atom. The monoisotopic (exact) mass is 236 g/mol. The number of H-pyrrole nitrogens is 1. The summed E-state index contributed by atoms with van der Waals surface area (Å²) in [5, 5.41) is 0. The SMILES string of the molecule is O=C(NOCC(F)(F)F)c1cc[nH]c(=O)c1. The maximum atomic E-state index is 11.6. The fourth-order valence-electron chi connectivity index (χ4n) is 0.828. The molecule has 0 fully saturated rings. The van der Waals surface area contributed by atoms with Gasteiger partial charge in [0.25, 0.3) is 5.91 Å². The predicted molar refractivity (Wildman–Crippen MR) is 46.5 cm³/mol. The van der Waals surface area contributed by atoms with Crippen LogP contribution in [-0.2, 0) is 4.84 Å². The van der Waals surface area contributed by atoms with Gasteiger partial charge in [-0.15, -0.1) is 0 Å². The Kier molecular flexibility index (Phi) is 3.67. The predicted octanol–water partition coefficient (Wildman–Crippen LogP) is 0.599. The van der Waals surface area contributed by atoms with Crippen LogP contribution in [0.5, 0.6) is 0 Å². The van der Waals surface area contributed by atoms with Crippen LogP contribution in [0.25, 0.3) is 0 Å². The summed E-state index contributed by atoms with van der Waals surface area (Å²) >= 11 is 0. The van der Waals surface area contributed by atoms with Crippen molar-refractivity contribution in [2.75, 3.05) is 6.61 Å². The molecule has 0 atom stereocenters. The average Bonchev–Trinajstić information content (AvgIpc) is 2.15. The molecular formula is C8H7F3N2O3. The van der Waals surface area contributed by atoms with Gasteiger partial charge in [0.1, 0.15) is 0 Å². The maximum absolute atomic E-state index is 11.6. The quantitative estimate of drug-likeness (QED) is 0.755. The molecule has 1 heterocycles. The molecule has 1 aromatic heterocycles. The lowest BCUT2D eigenvalue weighted by Gasteiger charge is -2.07. The van der Waals surface area contributed by atoms with Gasteiger partial charge < -0.3 is 4.98 Å². The summed E-state index contributed by atoms with van der Waals surface area (Å²) < 4.78 is 34.9. The molecule has 0 aliphatic heterocycles. The molecule has 1 amide bonds. The summed E-state index contributed by atoms with van der Waals surface area (Å²) in [5.74, 6) is -0.921. The van der Waals surface area contributed by atoms with E-state index in [-0.39, 0.29) is 5.56 Å². The number of halogens is 3. The number of carbonyl (C=O) groups excluding carboxylic acids is 1. The van der Waals surface area contributed by atoms with Crippen molar-refractivity contribution in [2.45, 2.75) is 6.18 Å². The Bertz CT molecular complexity index is 427. The molecule has 0 radical (unpaired) electrons. The Hall–Kier alpha value is -1.83. The fourth-order valence-corrected chi connectivity index (χ4v) is 0.828. The first kappa shape index (κ1) is 12.2. The first-order valence-electron chi connectivity index (χ1n) is 4.06. The van der Waals surface area contributed by atoms with E-state index in [0.717, 1.165) is 6.07 Å². The molecule has 0 unspecified atom stereocenters. The first-order valence-corrected chi connectivity index (χ1v) is 4.06. The number of alkyl halides is 3. The minimum Gasteiger partial charge on any atom is -0.329 e. The molecule has 1 rings (SSSR count). The molecule has 0 bridgehead atoms. The number of nitrogens with one attached hydrogen (secondary N) is 2. The van der Waals surface area contributed by atoms with E-state index in [1.54, 1.807) is 5.48 Å². The lowest BCUT2D eigenvalue weighted by atomic mass is 10.2. The van der Waals surface area contributed by atoms with Crippen molar-refractivity contribution < 1.29 is 22.8 Å². The van der Waals surface area contributed by atoms with Crippen LogP contribution in [0.1, 0.15) is 10.4 Å². The Morgan fingerprint density at radius 3 is 2.75 bits per heavy atom. The minimum absolute atomic E-state index is 0.0917. The highest BCUT2D eigenvalue weighted by Gasteiger charge is 2.28. The average molecular weight is 236 g/mol. The van der Waals surface area contributed by atoms with Crippen LogP contribution in [0.3, 0.4) is 0 Å². The van der Waals surface area contributed by atoms with Crippen LogP contribution in [-0.4, -0.2) is 23.7 Å². The smallest absolute Gasteiger partial charge is 0.329 e. The standard InChI is InChI=1S/C8H7F3N2O3/c9-8(10,11)4-16-13-7(15)5-1-2-12-6(14)3-5/h1-3H,4H2,(H,12,14)(H,13,15). The summed E-state index contributed by atoms with van der Waals surface area (Å²) in [7, 11) is 0. The molecule has 0 spiro atoms. The molecule has 5 nitrogen and oxygen atoms in total. The molecule has 16 heavy (non-hydrogen) atoms. The lowest BCUT2D eigenvalue weighted by molar-refractivity contribution is -0.184. The molecule has 0 saturated carbocycles. The largest absolute Gasteiger partial charge is 0.414 e. The highest BCUT2D eigenvalue weighted by Crippen LogP contribution is 2.13. The number of hydrogen-bond donors (Lipinski definition) is 2. The number of amides is 1. The van der Waals surface area contributed by atoms with Gasteiger partial charge in [0.2, 0.25) is 5.56 Å². The second-order valence-corrected chi connectivity index (χ2v) is 2.78. The zero-order chi connectivity index (χ0) is 12.2. The van der Waals surface area contributed by atoms with Gasteiger partial charge in [0, 0.05) is 17.8 Å². The third-order valence-electron chi connectivity index (χ3n) is 1.44. The summed E-state index contributed by atoms with van der Waals surface area (Å²) in [6.07, 6.45) is -3.33. The van der Waals surface area contributed by atoms with Gasteiger partial charge >= 0.3 is 6.18 Å². The topological polar surface area (TPSA) is 71.2 Å². The van der Waals surface area contributed by atoms with Crippen molar-refractivity contribution in [1.82, 2.24) is 10.5 Å². The van der Waals surface area contributed by atoms with Gasteiger partial charge in [0.05, 0.1) is 0 Å². The van der Waals surface area contributed by atoms with Crippen molar-refractivity contribution in [1.29, 1.82) is 0 Å². The van der Waals surface area contributed by atoms with E-state index in [0.29, 0.717) is 0 Å². The molecule has 0 aromatic carbocycles. The van der Waals surface area contributed by atoms with Gasteiger partial charge in [-0.1, -0.05) is 0 Å². The first-order chi connectivity index (χ1) is 7.38. The highest BCUT2D eigenvalue weighted by atomic mass is 19.4. The molecular weight excluding hydrogens is 229 g/mol. The zero-order valence-corrected chi connectivity index (χ0v) is 7.80. The second kappa shape index (κ2) is 4.79. The van der Waals surface area contributed by atoms with Crippen LogP contribution in [0, 0.1) is 0 Å². The number of aromatic amines is 1. The Morgan fingerprint density at radius 1 is 1.50 bits per heavy atom. The van der Waals surface area contributed by atoms with E-state index in [2.05, 4.69) is 9.82 Å². The van der Waals surface area contributed by atoms with Crippen molar-refractivity contribution in [3.8, 4) is 0 Å². The number of pyridine rings is 1. The van der Waals surface area contributed by atoms with Gasteiger partial charge in [-0.05, 0) is 6.07 Å². The van der Waals surface area contributed by atoms with E-state index in [9.17, 15) is 22.8 Å². The molecule has 0 aliphatic rings. The van der Waals surface area contributed by atoms with Crippen LogP contribution < -0.4 is 11.0 Å². The van der Waals surface area contributed by atoms with Crippen LogP contribution in [0.2, 0.25) is 0 Å². The molecule has 88 valence electrons. The lowest BCUT2D eigenvalue weighted by Crippen LogP contribution is -2.30. The second-order valence-electron chi connectivity index (χ2n) is 2.78. The number of hydroxylamine groups is 1. The van der Waals surface area contributed by atoms with Crippen LogP contribution >= 0.6 is 0 Å². The number of carbonyl (C=O) groups is 1. The third kappa shape index (κ3) is 4.13. The molecule has 2 N–H and O–H groups in total. The van der Waals surface area contributed by atoms with Gasteiger partial charge in [0.15, 0.2) is 6.61 Å². The third-order valence-corrected chi connectivity index (χ3v) is 1.44. The van der Waals surface area contributed by atoms with E-state index in [1.807, 2.05) is 0 Å². The molecule has 8 heteroatoms. The van der Waals surface area contributed by atoms with Gasteiger partial charge in [-0.25, -0.2) is 5.48 Å². The van der Waals surface area contributed by atoms with Crippen LogP contribution in [0.4, 0.5) is 13.2 Å². The summed E-state index contributed by atoms with van der Waals surface area (Å²) in [6, 6.07) is 2.17. The number of hydrogen-bond acceptors (Lipinski definition) is 3. The highest BCUT2D eigenvalue weighted by molar-refractivity contribution is 5.93. The van der Waals surface area contributed by atoms with E-state index in [1.165, 1.54) is 12.3 Å². The summed E-state index contributed by atoms with van der Waals surface area (Å²) in [4.78, 5) is 28.1. The molecule has 1 aromatic rings. The van der Waals surface area contributed by atoms with Crippen LogP contribution in [0.15, 0.2) is 23.1 Å². The summed E-state index contributed by atoms with van der Waals surface area (Å²) in [6.45, 7) is -1.60. The fraction of sp³-hybridized carbons (Fsp3) is 0.250. The minimum atomic E-state index is -4.53. The van der Waals surface area contributed by atoms with E-state index < -0.39 is 24.2 Å². The van der Waals surface area contributed by atoms with E-state index >= 15 is 0 Å². The van der Waals surface area contributed by atoms with Crippen molar-refractivity contribution in [3.63, 3.8) is 0 Å². The van der Waals surface area contributed by atoms with E-state index in [4.69, 9.17) is 0 Å². The molecule has 0 aliphatic carbocycles. The Balaban J connectivity index is 2.51. The van der Waals surface area contributed by atoms with Gasteiger partial charge in [-0.2, -0.15) is 13.2 Å².